The van der Waals surface area contributed by atoms with Crippen LogP contribution in [0, 0.1) is 0 Å². The average molecular weight is 342 g/mol. The summed E-state index contributed by atoms with van der Waals surface area (Å²) in [7, 11) is 1.70. The van der Waals surface area contributed by atoms with E-state index in [9.17, 15) is 0 Å². The van der Waals surface area contributed by atoms with E-state index in [1.165, 1.54) is 11.1 Å². The number of hydrogen-bond acceptors (Lipinski definition) is 3. The van der Waals surface area contributed by atoms with Gasteiger partial charge < -0.3 is 14.6 Å². The normalized spacial score (nSPS) is 10.8. The first kappa shape index (κ1) is 16.6. The molecule has 0 atom stereocenters. The smallest absolute Gasteiger partial charge is 0.123 e. The number of hydrogen-bond donors (Lipinski definition) is 1. The average Bonchev–Trinajstić information content (AvgIpc) is 3.10. The van der Waals surface area contributed by atoms with E-state index in [0.717, 1.165) is 36.0 Å². The molecule has 5 heteroatoms. The Balaban J connectivity index is 1.64. The number of halogens is 1. The highest BCUT2D eigenvalue weighted by molar-refractivity contribution is 6.30. The third-order valence-electron chi connectivity index (χ3n) is 3.83. The number of ether oxygens (including phenoxy) is 1. The Hall–Kier alpha value is -2.30. The number of aromatic nitrogens is 2. The van der Waals surface area contributed by atoms with E-state index in [-0.39, 0.29) is 0 Å². The molecule has 4 nitrogen and oxygen atoms in total. The maximum atomic E-state index is 5.91. The molecule has 1 heterocycles. The van der Waals surface area contributed by atoms with Crippen LogP contribution in [0.3, 0.4) is 0 Å². The summed E-state index contributed by atoms with van der Waals surface area (Å²) in [6.45, 7) is 2.35. The third kappa shape index (κ3) is 4.37. The molecular formula is C19H20ClN3O. The Bertz CT molecular complexity index is 770. The van der Waals surface area contributed by atoms with E-state index < -0.39 is 0 Å². The van der Waals surface area contributed by atoms with Crippen LogP contribution in [0.25, 0.3) is 0 Å². The van der Waals surface area contributed by atoms with Crippen molar-refractivity contribution in [2.24, 2.45) is 0 Å². The lowest BCUT2D eigenvalue weighted by atomic mass is 10.1. The zero-order chi connectivity index (χ0) is 16.8. The Morgan fingerprint density at radius 2 is 1.83 bits per heavy atom. The van der Waals surface area contributed by atoms with Crippen molar-refractivity contribution in [3.05, 3.63) is 82.9 Å². The molecule has 0 radical (unpaired) electrons. The minimum Gasteiger partial charge on any atom is -0.496 e. The second kappa shape index (κ2) is 7.99. The minimum atomic E-state index is 0.744. The summed E-state index contributed by atoms with van der Waals surface area (Å²) < 4.78 is 7.50. The molecule has 1 N–H and O–H groups in total. The van der Waals surface area contributed by atoms with E-state index in [1.807, 2.05) is 47.4 Å². The number of rotatable bonds is 7. The number of nitrogens with zero attached hydrogens (tertiary/aromatic N) is 2. The zero-order valence-electron chi connectivity index (χ0n) is 13.6. The molecule has 0 saturated heterocycles. The molecule has 0 spiro atoms. The summed E-state index contributed by atoms with van der Waals surface area (Å²) in [5, 5.41) is 4.22. The number of nitrogens with one attached hydrogen (secondary N) is 1. The molecule has 0 bridgehead atoms. The predicted molar refractivity (Wildman–Crippen MR) is 96.3 cm³/mol. The lowest BCUT2D eigenvalue weighted by molar-refractivity contribution is 0.408. The van der Waals surface area contributed by atoms with Gasteiger partial charge in [0, 0.05) is 36.1 Å². The second-order valence-electron chi connectivity index (χ2n) is 5.61. The van der Waals surface area contributed by atoms with E-state index in [1.54, 1.807) is 13.3 Å². The van der Waals surface area contributed by atoms with Crippen LogP contribution in [0.15, 0.2) is 61.2 Å². The van der Waals surface area contributed by atoms with Crippen LogP contribution in [0.4, 0.5) is 0 Å². The zero-order valence-corrected chi connectivity index (χ0v) is 14.3. The molecule has 0 aliphatic heterocycles. The van der Waals surface area contributed by atoms with Crippen molar-refractivity contribution >= 4 is 11.6 Å². The molecule has 3 rings (SSSR count). The molecule has 1 aromatic heterocycles. The van der Waals surface area contributed by atoms with Crippen molar-refractivity contribution in [2.75, 3.05) is 7.11 Å². The number of imidazole rings is 1. The van der Waals surface area contributed by atoms with Gasteiger partial charge in [0.1, 0.15) is 5.75 Å². The van der Waals surface area contributed by atoms with Gasteiger partial charge in [0.05, 0.1) is 20.0 Å². The van der Waals surface area contributed by atoms with Gasteiger partial charge in [-0.3, -0.25) is 0 Å². The fourth-order valence-corrected chi connectivity index (χ4v) is 2.72. The molecule has 124 valence electrons. The third-order valence-corrected chi connectivity index (χ3v) is 4.08. The molecule has 0 fully saturated rings. The Kier molecular flexibility index (Phi) is 5.51. The van der Waals surface area contributed by atoms with Gasteiger partial charge in [-0.15, -0.1) is 0 Å². The van der Waals surface area contributed by atoms with Crippen LogP contribution in [-0.4, -0.2) is 16.7 Å². The van der Waals surface area contributed by atoms with E-state index >= 15 is 0 Å². The number of benzene rings is 2. The van der Waals surface area contributed by atoms with Gasteiger partial charge in [0.2, 0.25) is 0 Å². The van der Waals surface area contributed by atoms with Gasteiger partial charge in [-0.05, 0) is 35.4 Å². The highest BCUT2D eigenvalue weighted by Crippen LogP contribution is 2.21. The van der Waals surface area contributed by atoms with E-state index in [2.05, 4.69) is 22.4 Å². The van der Waals surface area contributed by atoms with Crippen LogP contribution < -0.4 is 10.1 Å². The van der Waals surface area contributed by atoms with Gasteiger partial charge in [-0.2, -0.15) is 0 Å². The summed E-state index contributed by atoms with van der Waals surface area (Å²) in [6, 6.07) is 14.2. The van der Waals surface area contributed by atoms with Crippen LogP contribution in [-0.2, 0) is 19.6 Å². The van der Waals surface area contributed by atoms with Crippen molar-refractivity contribution in [3.8, 4) is 5.75 Å². The first-order chi connectivity index (χ1) is 11.7. The summed E-state index contributed by atoms with van der Waals surface area (Å²) in [6.07, 6.45) is 5.54. The molecule has 0 aliphatic rings. The highest BCUT2D eigenvalue weighted by atomic mass is 35.5. The first-order valence-electron chi connectivity index (χ1n) is 7.81. The van der Waals surface area contributed by atoms with Crippen molar-refractivity contribution in [3.63, 3.8) is 0 Å². The monoisotopic (exact) mass is 341 g/mol. The Morgan fingerprint density at radius 1 is 1.08 bits per heavy atom. The molecule has 2 aromatic carbocycles. The summed E-state index contributed by atoms with van der Waals surface area (Å²) in [4.78, 5) is 4.09. The largest absolute Gasteiger partial charge is 0.496 e. The molecular weight excluding hydrogens is 322 g/mol. The van der Waals surface area contributed by atoms with Gasteiger partial charge in [0.15, 0.2) is 0 Å². The quantitative estimate of drug-likeness (QED) is 0.708. The van der Waals surface area contributed by atoms with Gasteiger partial charge in [-0.25, -0.2) is 4.98 Å². The molecule has 24 heavy (non-hydrogen) atoms. The Morgan fingerprint density at radius 3 is 2.54 bits per heavy atom. The lowest BCUT2D eigenvalue weighted by Gasteiger charge is -2.12. The maximum Gasteiger partial charge on any atom is 0.123 e. The fourth-order valence-electron chi connectivity index (χ4n) is 2.60. The van der Waals surface area contributed by atoms with E-state index in [4.69, 9.17) is 16.3 Å². The second-order valence-corrected chi connectivity index (χ2v) is 6.05. The van der Waals surface area contributed by atoms with Crippen molar-refractivity contribution < 1.29 is 4.74 Å². The molecule has 0 aliphatic carbocycles. The lowest BCUT2D eigenvalue weighted by Crippen LogP contribution is -2.13. The minimum absolute atomic E-state index is 0.744. The van der Waals surface area contributed by atoms with Crippen LogP contribution in [0.5, 0.6) is 5.75 Å². The predicted octanol–water partition coefficient (Wildman–Crippen LogP) is 3.88. The van der Waals surface area contributed by atoms with Crippen LogP contribution in [0.1, 0.15) is 16.7 Å². The molecule has 0 saturated carbocycles. The molecule has 0 unspecified atom stereocenters. The summed E-state index contributed by atoms with van der Waals surface area (Å²) in [5.74, 6) is 0.894. The fraction of sp³-hybridized carbons (Fsp3) is 0.211. The van der Waals surface area contributed by atoms with E-state index in [0.29, 0.717) is 0 Å². The van der Waals surface area contributed by atoms with Gasteiger partial charge in [-0.1, -0.05) is 29.8 Å². The van der Waals surface area contributed by atoms with Gasteiger partial charge >= 0.3 is 0 Å². The topological polar surface area (TPSA) is 39.1 Å². The van der Waals surface area contributed by atoms with Crippen LogP contribution >= 0.6 is 11.6 Å². The summed E-state index contributed by atoms with van der Waals surface area (Å²) in [5.41, 5.74) is 3.58. The summed E-state index contributed by atoms with van der Waals surface area (Å²) >= 11 is 5.91. The maximum absolute atomic E-state index is 5.91. The first-order valence-corrected chi connectivity index (χ1v) is 8.19. The highest BCUT2D eigenvalue weighted by Gasteiger charge is 2.05. The molecule has 0 amide bonds. The standard InChI is InChI=1S/C19H20ClN3O/c1-24-19-7-4-16(10-17(19)13-23-9-8-21-14-23)12-22-11-15-2-5-18(20)6-3-15/h2-10,14,22H,11-13H2,1H3. The van der Waals surface area contributed by atoms with Crippen molar-refractivity contribution in [1.82, 2.24) is 14.9 Å². The molecule has 3 aromatic rings. The van der Waals surface area contributed by atoms with Crippen molar-refractivity contribution in [1.29, 1.82) is 0 Å². The Labute approximate surface area is 147 Å². The van der Waals surface area contributed by atoms with Crippen molar-refractivity contribution in [2.45, 2.75) is 19.6 Å². The number of methoxy groups -OCH3 is 1. The van der Waals surface area contributed by atoms with Gasteiger partial charge in [0.25, 0.3) is 0 Å². The SMILES string of the molecule is COc1ccc(CNCc2ccc(Cl)cc2)cc1Cn1ccnc1. The van der Waals surface area contributed by atoms with Crippen LogP contribution in [0.2, 0.25) is 5.02 Å².